The highest BCUT2D eigenvalue weighted by atomic mass is 16.4. The van der Waals surface area contributed by atoms with Crippen molar-refractivity contribution in [2.45, 2.75) is 45.7 Å². The predicted octanol–water partition coefficient (Wildman–Crippen LogP) is 3.85. The zero-order chi connectivity index (χ0) is 15.8. The lowest BCUT2D eigenvalue weighted by Gasteiger charge is -2.35. The summed E-state index contributed by atoms with van der Waals surface area (Å²) in [7, 11) is 1.82. The van der Waals surface area contributed by atoms with Gasteiger partial charge in [-0.15, -0.1) is 0 Å². The number of para-hydroxylation sites is 1. The van der Waals surface area contributed by atoms with E-state index < -0.39 is 11.5 Å². The smallest absolute Gasteiger partial charge is 0.323 e. The third kappa shape index (κ3) is 2.56. The normalized spacial score (nSPS) is 13.8. The Kier molecular flexibility index (Phi) is 4.10. The van der Waals surface area contributed by atoms with Crippen molar-refractivity contribution in [1.82, 2.24) is 4.90 Å². The molecule has 0 radical (unpaired) electrons. The van der Waals surface area contributed by atoms with Crippen LogP contribution in [0.4, 0.5) is 0 Å². The van der Waals surface area contributed by atoms with Crippen molar-refractivity contribution in [2.75, 3.05) is 7.05 Å². The lowest BCUT2D eigenvalue weighted by atomic mass is 9.98. The Labute approximate surface area is 125 Å². The number of benzene rings is 1. The molecule has 114 valence electrons. The summed E-state index contributed by atoms with van der Waals surface area (Å²) in [6.45, 7) is 7.50. The van der Waals surface area contributed by atoms with Crippen LogP contribution in [-0.4, -0.2) is 28.6 Å². The largest absolute Gasteiger partial charge is 0.480 e. The van der Waals surface area contributed by atoms with Crippen LogP contribution in [-0.2, 0) is 11.2 Å². The summed E-state index contributed by atoms with van der Waals surface area (Å²) < 4.78 is 6.01. The van der Waals surface area contributed by atoms with Gasteiger partial charge in [0.05, 0.1) is 6.04 Å². The average Bonchev–Trinajstić information content (AvgIpc) is 2.83. The first-order valence-electron chi connectivity index (χ1n) is 7.27. The van der Waals surface area contributed by atoms with E-state index in [0.717, 1.165) is 28.7 Å². The molecule has 0 aliphatic rings. The van der Waals surface area contributed by atoms with Crippen LogP contribution in [0.15, 0.2) is 28.7 Å². The number of rotatable bonds is 5. The number of carboxylic acids is 1. The first-order chi connectivity index (χ1) is 9.80. The van der Waals surface area contributed by atoms with Crippen molar-refractivity contribution in [2.24, 2.45) is 0 Å². The summed E-state index contributed by atoms with van der Waals surface area (Å²) in [5, 5.41) is 10.5. The van der Waals surface area contributed by atoms with Crippen molar-refractivity contribution in [1.29, 1.82) is 0 Å². The maximum Gasteiger partial charge on any atom is 0.323 e. The maximum atomic E-state index is 11.5. The number of fused-ring (bicyclic) bond motifs is 1. The Morgan fingerprint density at radius 1 is 1.38 bits per heavy atom. The van der Waals surface area contributed by atoms with Crippen molar-refractivity contribution < 1.29 is 14.3 Å². The molecule has 0 saturated heterocycles. The molecule has 2 aromatic rings. The van der Waals surface area contributed by atoms with E-state index in [1.807, 2.05) is 37.1 Å². The number of likely N-dealkylation sites (N-methyl/N-ethyl adjacent to an activating group) is 1. The maximum absolute atomic E-state index is 11.5. The van der Waals surface area contributed by atoms with Crippen LogP contribution in [0, 0.1) is 0 Å². The molecule has 0 aliphatic heterocycles. The molecule has 1 N–H and O–H groups in total. The molecule has 0 aliphatic carbocycles. The summed E-state index contributed by atoms with van der Waals surface area (Å²) in [6, 6.07) is 7.84. The van der Waals surface area contributed by atoms with E-state index in [1.54, 1.807) is 13.8 Å². The van der Waals surface area contributed by atoms with E-state index in [0.29, 0.717) is 0 Å². The lowest BCUT2D eigenvalue weighted by molar-refractivity contribution is -0.150. The number of carbonyl (C=O) groups is 1. The van der Waals surface area contributed by atoms with Crippen molar-refractivity contribution in [3.8, 4) is 0 Å². The number of hydrogen-bond acceptors (Lipinski definition) is 3. The van der Waals surface area contributed by atoms with Gasteiger partial charge in [0.15, 0.2) is 0 Å². The molecular formula is C17H23NO3. The molecule has 4 nitrogen and oxygen atoms in total. The quantitative estimate of drug-likeness (QED) is 0.908. The molecule has 0 spiro atoms. The van der Waals surface area contributed by atoms with Gasteiger partial charge in [0.25, 0.3) is 0 Å². The molecular weight excluding hydrogens is 266 g/mol. The van der Waals surface area contributed by atoms with Gasteiger partial charge >= 0.3 is 5.97 Å². The summed E-state index contributed by atoms with van der Waals surface area (Å²) in [4.78, 5) is 13.3. The molecule has 1 unspecified atom stereocenters. The zero-order valence-electron chi connectivity index (χ0n) is 13.3. The number of furan rings is 1. The van der Waals surface area contributed by atoms with Gasteiger partial charge in [-0.25, -0.2) is 0 Å². The molecule has 0 bridgehead atoms. The molecule has 0 fully saturated rings. The van der Waals surface area contributed by atoms with E-state index in [2.05, 4.69) is 13.0 Å². The summed E-state index contributed by atoms with van der Waals surface area (Å²) >= 11 is 0. The number of aliphatic carboxylic acids is 1. The first-order valence-corrected chi connectivity index (χ1v) is 7.27. The van der Waals surface area contributed by atoms with E-state index >= 15 is 0 Å². The fourth-order valence-electron chi connectivity index (χ4n) is 2.63. The van der Waals surface area contributed by atoms with Crippen molar-refractivity contribution >= 4 is 16.9 Å². The third-order valence-electron chi connectivity index (χ3n) is 4.45. The second kappa shape index (κ2) is 5.53. The molecule has 1 heterocycles. The number of nitrogens with zero attached hydrogens (tertiary/aromatic N) is 1. The van der Waals surface area contributed by atoms with Crippen LogP contribution in [0.5, 0.6) is 0 Å². The van der Waals surface area contributed by atoms with Crippen LogP contribution in [0.3, 0.4) is 0 Å². The minimum atomic E-state index is -0.955. The second-order valence-electron chi connectivity index (χ2n) is 5.95. The topological polar surface area (TPSA) is 53.7 Å². The minimum Gasteiger partial charge on any atom is -0.480 e. The van der Waals surface area contributed by atoms with Gasteiger partial charge in [0, 0.05) is 10.9 Å². The highest BCUT2D eigenvalue weighted by Gasteiger charge is 2.37. The van der Waals surface area contributed by atoms with Gasteiger partial charge in [-0.05, 0) is 40.3 Å². The Morgan fingerprint density at radius 2 is 2.00 bits per heavy atom. The fourth-order valence-corrected chi connectivity index (χ4v) is 2.63. The molecule has 0 saturated carbocycles. The van der Waals surface area contributed by atoms with Crippen LogP contribution >= 0.6 is 0 Å². The van der Waals surface area contributed by atoms with Crippen molar-refractivity contribution in [3.05, 3.63) is 35.6 Å². The number of carboxylic acid groups (broad SMARTS) is 1. The van der Waals surface area contributed by atoms with Gasteiger partial charge in [-0.3, -0.25) is 9.69 Å². The number of hydrogen-bond donors (Lipinski definition) is 1. The van der Waals surface area contributed by atoms with Crippen LogP contribution in [0.2, 0.25) is 0 Å². The molecule has 4 heteroatoms. The summed E-state index contributed by atoms with van der Waals surface area (Å²) in [6.07, 6.45) is 0.859. The molecule has 2 rings (SSSR count). The Balaban J connectivity index is 2.48. The molecule has 1 atom stereocenters. The van der Waals surface area contributed by atoms with E-state index in [-0.39, 0.29) is 6.04 Å². The Bertz CT molecular complexity index is 657. The zero-order valence-corrected chi connectivity index (χ0v) is 13.3. The fraction of sp³-hybridized carbons (Fsp3) is 0.471. The first kappa shape index (κ1) is 15.6. The van der Waals surface area contributed by atoms with E-state index in [1.165, 1.54) is 0 Å². The molecule has 1 aromatic carbocycles. The second-order valence-corrected chi connectivity index (χ2v) is 5.95. The van der Waals surface area contributed by atoms with Gasteiger partial charge in [-0.2, -0.15) is 0 Å². The molecule has 0 amide bonds. The predicted molar refractivity (Wildman–Crippen MR) is 83.5 cm³/mol. The van der Waals surface area contributed by atoms with Gasteiger partial charge < -0.3 is 9.52 Å². The Morgan fingerprint density at radius 3 is 2.57 bits per heavy atom. The van der Waals surface area contributed by atoms with Crippen LogP contribution in [0.1, 0.15) is 45.1 Å². The average molecular weight is 289 g/mol. The van der Waals surface area contributed by atoms with E-state index in [9.17, 15) is 9.90 Å². The summed E-state index contributed by atoms with van der Waals surface area (Å²) in [5.74, 6) is 0.0153. The molecule has 21 heavy (non-hydrogen) atoms. The van der Waals surface area contributed by atoms with Crippen LogP contribution < -0.4 is 0 Å². The highest BCUT2D eigenvalue weighted by molar-refractivity contribution is 5.82. The standard InChI is InChI=1S/C17H23NO3/c1-6-12-13-9-7-8-10-14(13)21-15(12)11(2)18(5)17(3,4)16(19)20/h7-11H,6H2,1-5H3,(H,19,20). The Hall–Kier alpha value is -1.81. The number of aryl methyl sites for hydroxylation is 1. The monoisotopic (exact) mass is 289 g/mol. The van der Waals surface area contributed by atoms with Gasteiger partial charge in [-0.1, -0.05) is 25.1 Å². The van der Waals surface area contributed by atoms with Gasteiger partial charge in [0.2, 0.25) is 0 Å². The SMILES string of the molecule is CCc1c(C(C)N(C)C(C)(C)C(=O)O)oc2ccccc12. The van der Waals surface area contributed by atoms with Gasteiger partial charge in [0.1, 0.15) is 16.9 Å². The highest BCUT2D eigenvalue weighted by Crippen LogP contribution is 2.35. The lowest BCUT2D eigenvalue weighted by Crippen LogP contribution is -2.48. The minimum absolute atomic E-state index is 0.113. The molecule has 1 aromatic heterocycles. The third-order valence-corrected chi connectivity index (χ3v) is 4.45. The van der Waals surface area contributed by atoms with Crippen LogP contribution in [0.25, 0.3) is 11.0 Å². The van der Waals surface area contributed by atoms with E-state index in [4.69, 9.17) is 4.42 Å². The summed E-state index contributed by atoms with van der Waals surface area (Å²) in [5.41, 5.74) is 1.06. The van der Waals surface area contributed by atoms with Crippen molar-refractivity contribution in [3.63, 3.8) is 0 Å².